The average Bonchev–Trinajstić information content (AvgIpc) is 3.10. The highest BCUT2D eigenvalue weighted by molar-refractivity contribution is 6.14. The van der Waals surface area contributed by atoms with Gasteiger partial charge in [-0.15, -0.1) is 0 Å². The Balaban J connectivity index is 2.02. The Labute approximate surface area is 160 Å². The first-order valence-corrected chi connectivity index (χ1v) is 8.40. The number of benzene rings is 1. The molecule has 8 nitrogen and oxygen atoms in total. The minimum atomic E-state index is -1.05. The summed E-state index contributed by atoms with van der Waals surface area (Å²) in [5.74, 6) is -0.902. The first kappa shape index (κ1) is 19.0. The molecule has 142 valence electrons. The number of aromatic amines is 1. The normalized spacial score (nSPS) is 11.1. The maximum atomic E-state index is 13.5. The minimum absolute atomic E-state index is 0.0312. The summed E-state index contributed by atoms with van der Waals surface area (Å²) in [5.41, 5.74) is 0.972. The predicted molar refractivity (Wildman–Crippen MR) is 103 cm³/mol. The number of nitriles is 1. The Morgan fingerprint density at radius 2 is 2.11 bits per heavy atom. The fourth-order valence-corrected chi connectivity index (χ4v) is 2.64. The van der Waals surface area contributed by atoms with Crippen LogP contribution in [0.25, 0.3) is 11.2 Å². The summed E-state index contributed by atoms with van der Waals surface area (Å²) in [5, 5.41) is 23.0. The maximum absolute atomic E-state index is 13.5. The lowest BCUT2D eigenvalue weighted by Crippen LogP contribution is -2.42. The van der Waals surface area contributed by atoms with Crippen molar-refractivity contribution < 1.29 is 9.18 Å². The van der Waals surface area contributed by atoms with Gasteiger partial charge in [0.2, 0.25) is 0 Å². The van der Waals surface area contributed by atoms with Gasteiger partial charge in [0.15, 0.2) is 5.65 Å². The van der Waals surface area contributed by atoms with Crippen LogP contribution in [0.5, 0.6) is 0 Å². The molecule has 0 fully saturated rings. The molecule has 2 aromatic heterocycles. The number of nitrogens with one attached hydrogen (secondary N) is 4. The van der Waals surface area contributed by atoms with Gasteiger partial charge in [-0.2, -0.15) is 5.26 Å². The fourth-order valence-electron chi connectivity index (χ4n) is 2.64. The molecule has 1 aromatic carbocycles. The standard InChI is InChI=1S/C19H18FN7O/c1-19(2,9-21)27-18(28)12-7-24-17-16(12)26-14(8-25-17)15(22)11-5-4-10(20)6-13(11)23-3/h4-8,22-23H,1-3H3,(H,24,25)(H,27,28). The van der Waals surface area contributed by atoms with Gasteiger partial charge in [0, 0.05) is 24.5 Å². The third-order valence-electron chi connectivity index (χ3n) is 4.11. The Morgan fingerprint density at radius 1 is 1.36 bits per heavy atom. The number of nitrogens with zero attached hydrogens (tertiary/aromatic N) is 3. The second kappa shape index (κ2) is 7.08. The van der Waals surface area contributed by atoms with E-state index in [1.54, 1.807) is 20.9 Å². The van der Waals surface area contributed by atoms with Crippen molar-refractivity contribution in [2.75, 3.05) is 12.4 Å². The van der Waals surface area contributed by atoms with Gasteiger partial charge in [-0.05, 0) is 32.0 Å². The summed E-state index contributed by atoms with van der Waals surface area (Å²) in [4.78, 5) is 24.0. The largest absolute Gasteiger partial charge is 0.387 e. The molecular weight excluding hydrogens is 361 g/mol. The van der Waals surface area contributed by atoms with Crippen molar-refractivity contribution in [3.8, 4) is 6.07 Å². The van der Waals surface area contributed by atoms with E-state index < -0.39 is 17.3 Å². The SMILES string of the molecule is CNc1cc(F)ccc1C(=N)c1cnc2[nH]cc(C(=O)NC(C)(C)C#N)c2n1. The highest BCUT2D eigenvalue weighted by Gasteiger charge is 2.23. The smallest absolute Gasteiger partial charge is 0.256 e. The molecule has 0 saturated carbocycles. The van der Waals surface area contributed by atoms with Crippen molar-refractivity contribution in [1.29, 1.82) is 10.7 Å². The van der Waals surface area contributed by atoms with Crippen molar-refractivity contribution in [3.05, 3.63) is 53.2 Å². The van der Waals surface area contributed by atoms with E-state index in [-0.39, 0.29) is 22.5 Å². The highest BCUT2D eigenvalue weighted by atomic mass is 19.1. The molecule has 1 amide bonds. The van der Waals surface area contributed by atoms with E-state index >= 15 is 0 Å². The van der Waals surface area contributed by atoms with Crippen LogP contribution in [-0.2, 0) is 0 Å². The molecule has 3 aromatic rings. The molecule has 0 atom stereocenters. The number of hydrogen-bond acceptors (Lipinski definition) is 6. The first-order valence-electron chi connectivity index (χ1n) is 8.40. The number of halogens is 1. The summed E-state index contributed by atoms with van der Waals surface area (Å²) in [6.45, 7) is 3.17. The Bertz CT molecular complexity index is 1130. The van der Waals surface area contributed by atoms with E-state index in [1.807, 2.05) is 6.07 Å². The van der Waals surface area contributed by atoms with Gasteiger partial charge in [0.25, 0.3) is 5.91 Å². The fraction of sp³-hybridized carbons (Fsp3) is 0.211. The lowest BCUT2D eigenvalue weighted by Gasteiger charge is -2.16. The lowest BCUT2D eigenvalue weighted by atomic mass is 10.0. The van der Waals surface area contributed by atoms with Crippen LogP contribution in [0.3, 0.4) is 0 Å². The number of carbonyl (C=O) groups excluding carboxylic acids is 1. The van der Waals surface area contributed by atoms with Gasteiger partial charge in [0.05, 0.1) is 23.5 Å². The summed E-state index contributed by atoms with van der Waals surface area (Å²) in [7, 11) is 1.63. The van der Waals surface area contributed by atoms with Crippen molar-refractivity contribution in [1.82, 2.24) is 20.3 Å². The number of aromatic nitrogens is 3. The molecule has 0 aliphatic carbocycles. The zero-order chi connectivity index (χ0) is 20.5. The topological polar surface area (TPSA) is 130 Å². The average molecular weight is 379 g/mol. The number of anilines is 1. The molecule has 0 bridgehead atoms. The van der Waals surface area contributed by atoms with E-state index in [2.05, 4.69) is 25.6 Å². The Hall–Kier alpha value is -3.80. The van der Waals surface area contributed by atoms with E-state index in [1.165, 1.54) is 30.6 Å². The summed E-state index contributed by atoms with van der Waals surface area (Å²) < 4.78 is 13.5. The van der Waals surface area contributed by atoms with Gasteiger partial charge < -0.3 is 15.6 Å². The minimum Gasteiger partial charge on any atom is -0.387 e. The van der Waals surface area contributed by atoms with Crippen LogP contribution in [0, 0.1) is 22.6 Å². The highest BCUT2D eigenvalue weighted by Crippen LogP contribution is 2.21. The molecule has 0 aliphatic rings. The second-order valence-corrected chi connectivity index (χ2v) is 6.66. The number of hydrogen-bond donors (Lipinski definition) is 4. The summed E-state index contributed by atoms with van der Waals surface area (Å²) >= 11 is 0. The van der Waals surface area contributed by atoms with Crippen LogP contribution < -0.4 is 10.6 Å². The van der Waals surface area contributed by atoms with Gasteiger partial charge in [0.1, 0.15) is 22.6 Å². The summed E-state index contributed by atoms with van der Waals surface area (Å²) in [6, 6.07) is 6.03. The van der Waals surface area contributed by atoms with Crippen LogP contribution in [0.2, 0.25) is 0 Å². The maximum Gasteiger partial charge on any atom is 0.256 e. The van der Waals surface area contributed by atoms with E-state index in [0.29, 0.717) is 16.9 Å². The van der Waals surface area contributed by atoms with Crippen molar-refractivity contribution >= 4 is 28.5 Å². The number of fused-ring (bicyclic) bond motifs is 1. The molecule has 28 heavy (non-hydrogen) atoms. The molecule has 0 unspecified atom stereocenters. The molecule has 2 heterocycles. The van der Waals surface area contributed by atoms with Gasteiger partial charge in [-0.3, -0.25) is 10.2 Å². The predicted octanol–water partition coefficient (Wildman–Crippen LogP) is 2.59. The zero-order valence-corrected chi connectivity index (χ0v) is 15.5. The van der Waals surface area contributed by atoms with Gasteiger partial charge in [-0.1, -0.05) is 0 Å². The second-order valence-electron chi connectivity index (χ2n) is 6.66. The third-order valence-corrected chi connectivity index (χ3v) is 4.11. The monoisotopic (exact) mass is 379 g/mol. The van der Waals surface area contributed by atoms with Gasteiger partial charge >= 0.3 is 0 Å². The van der Waals surface area contributed by atoms with Crippen LogP contribution >= 0.6 is 0 Å². The Kier molecular flexibility index (Phi) is 4.79. The molecule has 0 radical (unpaired) electrons. The van der Waals surface area contributed by atoms with Crippen LogP contribution in [0.4, 0.5) is 10.1 Å². The third kappa shape index (κ3) is 3.53. The van der Waals surface area contributed by atoms with Crippen molar-refractivity contribution in [2.45, 2.75) is 19.4 Å². The number of rotatable bonds is 5. The lowest BCUT2D eigenvalue weighted by molar-refractivity contribution is 0.0931. The van der Waals surface area contributed by atoms with Crippen LogP contribution in [0.1, 0.15) is 35.5 Å². The van der Waals surface area contributed by atoms with Crippen LogP contribution in [-0.4, -0.2) is 39.2 Å². The van der Waals surface area contributed by atoms with E-state index in [4.69, 9.17) is 10.7 Å². The zero-order valence-electron chi connectivity index (χ0n) is 15.5. The van der Waals surface area contributed by atoms with E-state index in [0.717, 1.165) is 0 Å². The molecule has 4 N–H and O–H groups in total. The molecule has 9 heteroatoms. The number of amides is 1. The molecule has 0 aliphatic heterocycles. The summed E-state index contributed by atoms with van der Waals surface area (Å²) in [6.07, 6.45) is 2.86. The van der Waals surface area contributed by atoms with Crippen molar-refractivity contribution in [3.63, 3.8) is 0 Å². The van der Waals surface area contributed by atoms with Gasteiger partial charge in [-0.25, -0.2) is 14.4 Å². The Morgan fingerprint density at radius 3 is 2.79 bits per heavy atom. The number of carbonyl (C=O) groups is 1. The van der Waals surface area contributed by atoms with Crippen LogP contribution in [0.15, 0.2) is 30.6 Å². The molecular formula is C19H18FN7O. The van der Waals surface area contributed by atoms with Crippen molar-refractivity contribution in [2.24, 2.45) is 0 Å². The first-order chi connectivity index (χ1) is 13.3. The molecule has 0 spiro atoms. The number of H-pyrrole nitrogens is 1. The molecule has 3 rings (SSSR count). The van der Waals surface area contributed by atoms with E-state index in [9.17, 15) is 9.18 Å². The quantitative estimate of drug-likeness (QED) is 0.506. The molecule has 0 saturated heterocycles.